The zero-order valence-electron chi connectivity index (χ0n) is 12.1. The number of hydrogen-bond acceptors (Lipinski definition) is 4. The molecule has 110 valence electrons. The van der Waals surface area contributed by atoms with E-state index in [1.165, 1.54) is 25.3 Å². The average molecular weight is 295 g/mol. The van der Waals surface area contributed by atoms with Gasteiger partial charge in [0.2, 0.25) is 5.69 Å². The first kappa shape index (κ1) is 14.0. The van der Waals surface area contributed by atoms with Crippen LogP contribution >= 0.6 is 0 Å². The number of Topliss-reactive ketones (excluding diaryl/α,β-unsaturated/α-hetero) is 1. The Kier molecular flexibility index (Phi) is 3.25. The van der Waals surface area contributed by atoms with Crippen LogP contribution in [0.4, 0.5) is 5.69 Å². The van der Waals surface area contributed by atoms with Crippen molar-refractivity contribution in [3.63, 3.8) is 0 Å². The molecule has 0 spiro atoms. The molecule has 5 nitrogen and oxygen atoms in total. The first-order valence-corrected chi connectivity index (χ1v) is 6.71. The molecule has 5 heteroatoms. The van der Waals surface area contributed by atoms with Gasteiger partial charge in [0, 0.05) is 6.07 Å². The largest absolute Gasteiger partial charge is 0.618 e. The lowest BCUT2D eigenvalue weighted by Crippen LogP contribution is -2.16. The molecule has 0 N–H and O–H groups in total. The van der Waals surface area contributed by atoms with E-state index in [0.29, 0.717) is 15.9 Å². The van der Waals surface area contributed by atoms with E-state index >= 15 is 0 Å². The van der Waals surface area contributed by atoms with Crippen LogP contribution in [0.1, 0.15) is 31.8 Å². The van der Waals surface area contributed by atoms with Crippen molar-refractivity contribution >= 4 is 23.2 Å². The lowest BCUT2D eigenvalue weighted by molar-refractivity contribution is -0.355. The van der Waals surface area contributed by atoms with E-state index in [1.54, 1.807) is 12.1 Å². The van der Waals surface area contributed by atoms with Crippen molar-refractivity contribution in [1.82, 2.24) is 0 Å². The summed E-state index contributed by atoms with van der Waals surface area (Å²) in [6, 6.07) is 11.5. The summed E-state index contributed by atoms with van der Waals surface area (Å²) in [5.74, 6) is -0.891. The number of hydrogen-bond donors (Lipinski definition) is 0. The second kappa shape index (κ2) is 5.11. The van der Waals surface area contributed by atoms with E-state index in [9.17, 15) is 14.8 Å². The van der Waals surface area contributed by atoms with Crippen LogP contribution in [-0.2, 0) is 4.74 Å². The summed E-state index contributed by atoms with van der Waals surface area (Å²) in [6.07, 6.45) is 0. The molecule has 2 aromatic rings. The number of nitrogens with zero attached hydrogens (tertiary/aromatic N) is 1. The summed E-state index contributed by atoms with van der Waals surface area (Å²) >= 11 is 0. The minimum atomic E-state index is -0.549. The molecule has 1 heterocycles. The van der Waals surface area contributed by atoms with Crippen molar-refractivity contribution in [1.29, 1.82) is 0 Å². The quantitative estimate of drug-likeness (QED) is 0.485. The maximum absolute atomic E-state index is 12.5. The van der Waals surface area contributed by atoms with E-state index in [0.717, 1.165) is 5.56 Å². The molecule has 0 unspecified atom stereocenters. The molecule has 0 fully saturated rings. The first-order valence-electron chi connectivity index (χ1n) is 6.71. The van der Waals surface area contributed by atoms with Gasteiger partial charge >= 0.3 is 5.97 Å². The van der Waals surface area contributed by atoms with E-state index in [-0.39, 0.29) is 22.7 Å². The van der Waals surface area contributed by atoms with Crippen LogP contribution in [0.15, 0.2) is 42.5 Å². The molecule has 0 atom stereocenters. The number of carbonyl (C=O) groups is 2. The zero-order valence-corrected chi connectivity index (χ0v) is 12.1. The number of methoxy groups -OCH3 is 1. The van der Waals surface area contributed by atoms with Gasteiger partial charge in [-0.05, 0) is 31.2 Å². The Morgan fingerprint density at radius 2 is 1.82 bits per heavy atom. The zero-order chi connectivity index (χ0) is 15.9. The fourth-order valence-corrected chi connectivity index (χ4v) is 2.44. The molecule has 0 saturated heterocycles. The van der Waals surface area contributed by atoms with Crippen LogP contribution in [0.3, 0.4) is 0 Å². The van der Waals surface area contributed by atoms with Gasteiger partial charge in [-0.1, -0.05) is 17.7 Å². The minimum Gasteiger partial charge on any atom is -0.618 e. The number of carbonyl (C=O) groups excluding carboxylic acids is 2. The van der Waals surface area contributed by atoms with E-state index in [2.05, 4.69) is 4.74 Å². The molecule has 0 radical (unpaired) electrons. The van der Waals surface area contributed by atoms with E-state index in [1.807, 2.05) is 19.1 Å². The molecular formula is C17H13NO4. The lowest BCUT2D eigenvalue weighted by atomic mass is 10.0. The predicted molar refractivity (Wildman–Crippen MR) is 80.7 cm³/mol. The summed E-state index contributed by atoms with van der Waals surface area (Å²) in [6.45, 7) is 1.93. The van der Waals surface area contributed by atoms with Crippen molar-refractivity contribution < 1.29 is 19.1 Å². The van der Waals surface area contributed by atoms with Gasteiger partial charge < -0.3 is 9.94 Å². The third-order valence-electron chi connectivity index (χ3n) is 3.63. The second-order valence-corrected chi connectivity index (χ2v) is 5.06. The van der Waals surface area contributed by atoms with E-state index in [4.69, 9.17) is 0 Å². The number of rotatable bonds is 2. The van der Waals surface area contributed by atoms with Crippen molar-refractivity contribution in [3.8, 4) is 0 Å². The molecule has 2 aromatic carbocycles. The smallest absolute Gasteiger partial charge is 0.338 e. The molecule has 0 aromatic heterocycles. The highest BCUT2D eigenvalue weighted by atomic mass is 16.5. The van der Waals surface area contributed by atoms with Gasteiger partial charge in [0.25, 0.3) is 11.5 Å². The van der Waals surface area contributed by atoms with Gasteiger partial charge in [0.1, 0.15) is 5.56 Å². The Bertz CT molecular complexity index is 819. The molecule has 22 heavy (non-hydrogen) atoms. The second-order valence-electron chi connectivity index (χ2n) is 5.06. The molecule has 1 aliphatic rings. The summed E-state index contributed by atoms with van der Waals surface area (Å²) in [4.78, 5) is 24.0. The highest BCUT2D eigenvalue weighted by Crippen LogP contribution is 2.29. The molecule has 0 bridgehead atoms. The number of fused-ring (bicyclic) bond motifs is 1. The van der Waals surface area contributed by atoms with Crippen LogP contribution in [0, 0.1) is 12.1 Å². The molecule has 0 saturated carbocycles. The summed E-state index contributed by atoms with van der Waals surface area (Å²) in [5.41, 5.74) is 2.36. The number of benzene rings is 2. The predicted octanol–water partition coefficient (Wildman–Crippen LogP) is 2.61. The molecule has 0 amide bonds. The van der Waals surface area contributed by atoms with Crippen LogP contribution in [-0.4, -0.2) is 29.3 Å². The highest BCUT2D eigenvalue weighted by Gasteiger charge is 2.37. The van der Waals surface area contributed by atoms with Crippen LogP contribution < -0.4 is 0 Å². The first-order chi connectivity index (χ1) is 10.5. The Morgan fingerprint density at radius 1 is 1.14 bits per heavy atom. The number of ether oxygens (including phenoxy) is 1. The standard InChI is InChI=1S/C17H13NO4/c1-10-3-5-11(6-4-10)15-16(19)13-8-7-12(17(20)22-2)9-14(13)18(15)21/h3-9H,1-2H3. The molecule has 0 aliphatic carbocycles. The van der Waals surface area contributed by atoms with Gasteiger partial charge in [0.05, 0.1) is 18.2 Å². The summed E-state index contributed by atoms with van der Waals surface area (Å²) in [7, 11) is 1.26. The average Bonchev–Trinajstić information content (AvgIpc) is 2.79. The minimum absolute atomic E-state index is 0.0667. The van der Waals surface area contributed by atoms with Crippen molar-refractivity contribution in [2.24, 2.45) is 0 Å². The maximum atomic E-state index is 12.5. The normalized spacial score (nSPS) is 13.3. The van der Waals surface area contributed by atoms with Gasteiger partial charge in [-0.15, -0.1) is 0 Å². The Labute approximate surface area is 127 Å². The Hall–Kier alpha value is -2.95. The monoisotopic (exact) mass is 295 g/mol. The third kappa shape index (κ3) is 2.07. The fourth-order valence-electron chi connectivity index (χ4n) is 2.44. The summed E-state index contributed by atoms with van der Waals surface area (Å²) in [5, 5.41) is 12.5. The van der Waals surface area contributed by atoms with Gasteiger partial charge in [-0.2, -0.15) is 4.74 Å². The molecular weight excluding hydrogens is 282 g/mol. The van der Waals surface area contributed by atoms with E-state index < -0.39 is 5.97 Å². The lowest BCUT2D eigenvalue weighted by Gasteiger charge is -2.03. The molecule has 3 rings (SSSR count). The van der Waals surface area contributed by atoms with Gasteiger partial charge in [-0.3, -0.25) is 4.79 Å². The fraction of sp³-hybridized carbons (Fsp3) is 0.118. The Morgan fingerprint density at radius 3 is 2.45 bits per heavy atom. The Balaban J connectivity index is 2.13. The van der Waals surface area contributed by atoms with Crippen LogP contribution in [0.2, 0.25) is 0 Å². The topological polar surface area (TPSA) is 69.4 Å². The third-order valence-corrected chi connectivity index (χ3v) is 3.63. The maximum Gasteiger partial charge on any atom is 0.338 e. The SMILES string of the molecule is COC(=O)c1ccc2c(c1)[N+]([O-])=C(c1ccc(C)cc1)C2=O. The number of esters is 1. The van der Waals surface area contributed by atoms with Crippen LogP contribution in [0.25, 0.3) is 0 Å². The van der Waals surface area contributed by atoms with Gasteiger partial charge in [-0.25, -0.2) is 4.79 Å². The summed E-state index contributed by atoms with van der Waals surface area (Å²) < 4.78 is 5.21. The molecule has 1 aliphatic heterocycles. The highest BCUT2D eigenvalue weighted by molar-refractivity contribution is 6.52. The van der Waals surface area contributed by atoms with Crippen molar-refractivity contribution in [2.45, 2.75) is 6.92 Å². The van der Waals surface area contributed by atoms with Crippen molar-refractivity contribution in [3.05, 3.63) is 69.9 Å². The number of ketones is 1. The van der Waals surface area contributed by atoms with Gasteiger partial charge in [0.15, 0.2) is 0 Å². The van der Waals surface area contributed by atoms with Crippen molar-refractivity contribution in [2.75, 3.05) is 7.11 Å². The van der Waals surface area contributed by atoms with Crippen LogP contribution in [0.5, 0.6) is 0 Å². The number of aryl methyl sites for hydroxylation is 1.